The number of aliphatic hydroxyl groups is 3. The Morgan fingerprint density at radius 1 is 1.32 bits per heavy atom. The van der Waals surface area contributed by atoms with Crippen LogP contribution in [0.3, 0.4) is 0 Å². The maximum atomic E-state index is 11.0. The lowest BCUT2D eigenvalue weighted by Gasteiger charge is -2.29. The van der Waals surface area contributed by atoms with Crippen LogP contribution in [-0.4, -0.2) is 56.9 Å². The zero-order valence-electron chi connectivity index (χ0n) is 14.8. The summed E-state index contributed by atoms with van der Waals surface area (Å²) in [7, 11) is 0. The van der Waals surface area contributed by atoms with E-state index in [4.69, 9.17) is 9.84 Å². The molecule has 0 radical (unpaired) electrons. The molecule has 0 unspecified atom stereocenters. The maximum absolute atomic E-state index is 11.0. The van der Waals surface area contributed by atoms with Crippen molar-refractivity contribution in [2.75, 3.05) is 6.61 Å². The highest BCUT2D eigenvalue weighted by atomic mass is 16.6. The molecule has 140 valence electrons. The molecule has 2 rings (SSSR count). The van der Waals surface area contributed by atoms with Gasteiger partial charge in [0.2, 0.25) is 0 Å². The van der Waals surface area contributed by atoms with Gasteiger partial charge in [-0.15, -0.1) is 0 Å². The minimum atomic E-state index is -1.03. The van der Waals surface area contributed by atoms with Gasteiger partial charge in [-0.05, 0) is 30.9 Å². The van der Waals surface area contributed by atoms with Crippen LogP contribution in [0.2, 0.25) is 0 Å². The number of ether oxygens (including phenoxy) is 1. The molecule has 0 amide bonds. The van der Waals surface area contributed by atoms with Crippen LogP contribution in [0.15, 0.2) is 34.9 Å². The van der Waals surface area contributed by atoms with Gasteiger partial charge in [0.15, 0.2) is 0 Å². The predicted octanol–water partition coefficient (Wildman–Crippen LogP) is 1.71. The lowest BCUT2D eigenvalue weighted by molar-refractivity contribution is -0.132. The molecule has 1 fully saturated rings. The number of aliphatic carboxylic acids is 1. The van der Waals surface area contributed by atoms with Gasteiger partial charge in [0, 0.05) is 12.0 Å². The molecule has 6 nitrogen and oxygen atoms in total. The van der Waals surface area contributed by atoms with Crippen LogP contribution in [0.25, 0.3) is 0 Å². The molecule has 2 aliphatic rings. The molecule has 4 atom stereocenters. The first-order chi connectivity index (χ1) is 11.9. The van der Waals surface area contributed by atoms with Crippen molar-refractivity contribution >= 4 is 5.97 Å². The quantitative estimate of drug-likeness (QED) is 0.286. The number of aliphatic hydroxyl groups excluding tert-OH is 3. The van der Waals surface area contributed by atoms with Crippen molar-refractivity contribution in [3.05, 3.63) is 34.9 Å². The first kappa shape index (κ1) is 19.8. The lowest BCUT2D eigenvalue weighted by atomic mass is 9.77. The number of hydrogen-bond acceptors (Lipinski definition) is 5. The fourth-order valence-corrected chi connectivity index (χ4v) is 3.33. The number of epoxide rings is 1. The molecule has 25 heavy (non-hydrogen) atoms. The Bertz CT molecular complexity index is 591. The van der Waals surface area contributed by atoms with E-state index in [9.17, 15) is 20.1 Å². The van der Waals surface area contributed by atoms with E-state index in [1.165, 1.54) is 13.0 Å². The fourth-order valence-electron chi connectivity index (χ4n) is 3.33. The molecule has 1 aliphatic carbocycles. The third-order valence-electron chi connectivity index (χ3n) is 5.05. The average Bonchev–Trinajstić information content (AvgIpc) is 3.33. The molecular weight excluding hydrogens is 324 g/mol. The van der Waals surface area contributed by atoms with Gasteiger partial charge in [-0.1, -0.05) is 38.0 Å². The highest BCUT2D eigenvalue weighted by molar-refractivity contribution is 5.85. The van der Waals surface area contributed by atoms with E-state index in [1.807, 2.05) is 6.08 Å². The molecule has 0 saturated carbocycles. The number of carbonyl (C=O) groups is 1. The molecule has 4 N–H and O–H groups in total. The number of carboxylic acid groups (broad SMARTS) is 1. The van der Waals surface area contributed by atoms with Gasteiger partial charge in [0.05, 0.1) is 6.61 Å². The highest BCUT2D eigenvalue weighted by Gasteiger charge is 2.67. The zero-order valence-corrected chi connectivity index (χ0v) is 14.8. The summed E-state index contributed by atoms with van der Waals surface area (Å²) in [6, 6.07) is 0. The molecule has 0 spiro atoms. The van der Waals surface area contributed by atoms with Crippen molar-refractivity contribution in [1.29, 1.82) is 0 Å². The van der Waals surface area contributed by atoms with E-state index in [-0.39, 0.29) is 18.6 Å². The van der Waals surface area contributed by atoms with Crippen LogP contribution in [0.1, 0.15) is 46.0 Å². The van der Waals surface area contributed by atoms with E-state index in [0.717, 1.165) is 25.7 Å². The molecule has 1 aliphatic heterocycles. The number of carboxylic acids is 1. The number of allylic oxidation sites excluding steroid dienone is 1. The van der Waals surface area contributed by atoms with Crippen molar-refractivity contribution in [2.45, 2.75) is 69.9 Å². The SMILES string of the molecule is CCCCC/C=C/C1=C(CO)[C@@H](O)[C@H]2O[C@@]2(C/C=C(\C)C(=O)O)[C@@H]1O. The van der Waals surface area contributed by atoms with E-state index < -0.39 is 29.9 Å². The van der Waals surface area contributed by atoms with Crippen molar-refractivity contribution < 1.29 is 30.0 Å². The Labute approximate surface area is 148 Å². The highest BCUT2D eigenvalue weighted by Crippen LogP contribution is 2.52. The second kappa shape index (κ2) is 8.27. The second-order valence-electron chi connectivity index (χ2n) is 6.77. The second-order valence-corrected chi connectivity index (χ2v) is 6.77. The largest absolute Gasteiger partial charge is 0.478 e. The molecule has 6 heteroatoms. The van der Waals surface area contributed by atoms with Crippen LogP contribution in [-0.2, 0) is 9.53 Å². The smallest absolute Gasteiger partial charge is 0.330 e. The molecule has 1 saturated heterocycles. The topological polar surface area (TPSA) is 111 Å². The Morgan fingerprint density at radius 2 is 2.04 bits per heavy atom. The average molecular weight is 352 g/mol. The third kappa shape index (κ3) is 4.03. The Morgan fingerprint density at radius 3 is 2.64 bits per heavy atom. The Kier molecular flexibility index (Phi) is 6.57. The maximum Gasteiger partial charge on any atom is 0.330 e. The van der Waals surface area contributed by atoms with Gasteiger partial charge >= 0.3 is 5.97 Å². The standard InChI is InChI=1S/C19H28O6/c1-3-4-5-6-7-8-13-14(11-20)15(21)17-19(25-17,16(13)22)10-9-12(2)18(23)24/h7-9,15-17,20-22H,3-6,10-11H2,1-2H3,(H,23,24)/b8-7+,12-9+/t15-,16-,17-,19+/m1/s1. The summed E-state index contributed by atoms with van der Waals surface area (Å²) in [5.41, 5.74) is -0.00502. The number of unbranched alkanes of at least 4 members (excludes halogenated alkanes) is 3. The minimum absolute atomic E-state index is 0.166. The Balaban J connectivity index is 2.19. The van der Waals surface area contributed by atoms with Gasteiger partial charge < -0.3 is 25.2 Å². The summed E-state index contributed by atoms with van der Waals surface area (Å²) < 4.78 is 5.60. The Hall–Kier alpha value is -1.47. The van der Waals surface area contributed by atoms with Crippen molar-refractivity contribution in [1.82, 2.24) is 0 Å². The van der Waals surface area contributed by atoms with Gasteiger partial charge in [-0.25, -0.2) is 4.79 Å². The van der Waals surface area contributed by atoms with Crippen molar-refractivity contribution in [3.8, 4) is 0 Å². The number of rotatable bonds is 9. The normalized spacial score (nSPS) is 32.2. The van der Waals surface area contributed by atoms with Crippen LogP contribution >= 0.6 is 0 Å². The van der Waals surface area contributed by atoms with Crippen LogP contribution in [0, 0.1) is 0 Å². The van der Waals surface area contributed by atoms with Gasteiger partial charge in [0.25, 0.3) is 0 Å². The predicted molar refractivity (Wildman–Crippen MR) is 93.0 cm³/mol. The van der Waals surface area contributed by atoms with Crippen LogP contribution < -0.4 is 0 Å². The van der Waals surface area contributed by atoms with E-state index in [2.05, 4.69) is 6.92 Å². The summed E-state index contributed by atoms with van der Waals surface area (Å²) in [5.74, 6) is -1.03. The molecule has 0 aromatic rings. The number of hydrogen-bond donors (Lipinski definition) is 4. The van der Waals surface area contributed by atoms with Crippen molar-refractivity contribution in [3.63, 3.8) is 0 Å². The van der Waals surface area contributed by atoms with Crippen LogP contribution in [0.4, 0.5) is 0 Å². The molecular formula is C19H28O6. The van der Waals surface area contributed by atoms with E-state index in [0.29, 0.717) is 11.1 Å². The molecule has 0 aromatic heterocycles. The molecule has 0 bridgehead atoms. The fraction of sp³-hybridized carbons (Fsp3) is 0.632. The van der Waals surface area contributed by atoms with Gasteiger partial charge in [-0.2, -0.15) is 0 Å². The summed E-state index contributed by atoms with van der Waals surface area (Å²) in [4.78, 5) is 11.0. The summed E-state index contributed by atoms with van der Waals surface area (Å²) in [6.07, 6.45) is 6.89. The molecule has 0 aromatic carbocycles. The minimum Gasteiger partial charge on any atom is -0.478 e. The van der Waals surface area contributed by atoms with E-state index >= 15 is 0 Å². The van der Waals surface area contributed by atoms with E-state index in [1.54, 1.807) is 6.08 Å². The first-order valence-corrected chi connectivity index (χ1v) is 8.83. The monoisotopic (exact) mass is 352 g/mol. The lowest BCUT2D eigenvalue weighted by Crippen LogP contribution is -2.43. The third-order valence-corrected chi connectivity index (χ3v) is 5.05. The van der Waals surface area contributed by atoms with Gasteiger partial charge in [0.1, 0.15) is 23.9 Å². The van der Waals surface area contributed by atoms with Gasteiger partial charge in [-0.3, -0.25) is 0 Å². The molecule has 1 heterocycles. The zero-order chi connectivity index (χ0) is 18.6. The first-order valence-electron chi connectivity index (χ1n) is 8.83. The van der Waals surface area contributed by atoms with Crippen molar-refractivity contribution in [2.24, 2.45) is 0 Å². The van der Waals surface area contributed by atoms with Crippen LogP contribution in [0.5, 0.6) is 0 Å². The summed E-state index contributed by atoms with van der Waals surface area (Å²) >= 11 is 0. The summed E-state index contributed by atoms with van der Waals surface area (Å²) in [6.45, 7) is 3.25. The number of fused-ring (bicyclic) bond motifs is 1. The summed E-state index contributed by atoms with van der Waals surface area (Å²) in [5, 5.41) is 39.8.